The van der Waals surface area contributed by atoms with Crippen LogP contribution in [0.3, 0.4) is 0 Å². The Bertz CT molecular complexity index is 875. The molecule has 0 saturated heterocycles. The van der Waals surface area contributed by atoms with Gasteiger partial charge in [-0.05, 0) is 33.4 Å². The first-order valence-electron chi connectivity index (χ1n) is 6.08. The minimum absolute atomic E-state index is 0.369. The minimum Gasteiger partial charge on any atom is -0.266 e. The summed E-state index contributed by atoms with van der Waals surface area (Å²) in [4.78, 5) is 25.0. The van der Waals surface area contributed by atoms with E-state index in [2.05, 4.69) is 26.8 Å². The average molecular weight is 416 g/mol. The number of fused-ring (bicyclic) bond motifs is 1. The summed E-state index contributed by atoms with van der Waals surface area (Å²) in [5, 5.41) is 3.00. The van der Waals surface area contributed by atoms with E-state index in [-0.39, 0.29) is 5.91 Å². The first-order valence-corrected chi connectivity index (χ1v) is 8.95. The largest absolute Gasteiger partial charge is 0.281 e. The van der Waals surface area contributed by atoms with Gasteiger partial charge in [-0.25, -0.2) is 0 Å². The Morgan fingerprint density at radius 2 is 1.73 bits per heavy atom. The second kappa shape index (κ2) is 6.37. The number of carbonyl (C=O) groups excluding carboxylic acids is 2. The molecule has 2 amide bonds. The summed E-state index contributed by atoms with van der Waals surface area (Å²) in [5.74, 6) is -0.820. The average Bonchev–Trinajstić information content (AvgIpc) is 3.09. The Balaban J connectivity index is 1.75. The van der Waals surface area contributed by atoms with Crippen molar-refractivity contribution in [3.8, 4) is 0 Å². The highest BCUT2D eigenvalue weighted by Gasteiger charge is 2.18. The summed E-state index contributed by atoms with van der Waals surface area (Å²) in [5.41, 5.74) is 4.78. The summed E-state index contributed by atoms with van der Waals surface area (Å²) < 4.78 is 1.61. The number of hydrogen-bond acceptors (Lipinski definition) is 4. The molecule has 0 bridgehead atoms. The molecule has 0 unspecified atom stereocenters. The van der Waals surface area contributed by atoms with E-state index >= 15 is 0 Å². The van der Waals surface area contributed by atoms with Gasteiger partial charge in [0, 0.05) is 14.6 Å². The highest BCUT2D eigenvalue weighted by atomic mass is 79.9. The zero-order valence-electron chi connectivity index (χ0n) is 10.9. The zero-order chi connectivity index (χ0) is 15.7. The molecule has 4 nitrogen and oxygen atoms in total. The third-order valence-corrected chi connectivity index (χ3v) is 6.36. The maximum atomic E-state index is 12.2. The number of benzene rings is 1. The molecule has 8 heteroatoms. The van der Waals surface area contributed by atoms with Gasteiger partial charge in [-0.1, -0.05) is 29.8 Å². The third kappa shape index (κ3) is 2.89. The van der Waals surface area contributed by atoms with E-state index in [9.17, 15) is 9.59 Å². The first-order chi connectivity index (χ1) is 10.6. The molecule has 3 rings (SSSR count). The summed E-state index contributed by atoms with van der Waals surface area (Å²) in [6.07, 6.45) is 0. The Morgan fingerprint density at radius 3 is 2.36 bits per heavy atom. The summed E-state index contributed by atoms with van der Waals surface area (Å²) in [6, 6.07) is 9.26. The van der Waals surface area contributed by atoms with E-state index in [1.165, 1.54) is 22.7 Å². The van der Waals surface area contributed by atoms with Gasteiger partial charge < -0.3 is 0 Å². The van der Waals surface area contributed by atoms with Gasteiger partial charge in [0.2, 0.25) is 0 Å². The number of thiophene rings is 2. The van der Waals surface area contributed by atoms with Gasteiger partial charge in [0.15, 0.2) is 0 Å². The second-order valence-corrected chi connectivity index (χ2v) is 7.45. The van der Waals surface area contributed by atoms with Gasteiger partial charge in [-0.15, -0.1) is 22.7 Å². The number of hydrazine groups is 1. The maximum Gasteiger partial charge on any atom is 0.281 e. The van der Waals surface area contributed by atoms with Gasteiger partial charge in [0.25, 0.3) is 11.8 Å². The van der Waals surface area contributed by atoms with Gasteiger partial charge >= 0.3 is 0 Å². The molecule has 0 aliphatic heterocycles. The number of amides is 2. The van der Waals surface area contributed by atoms with Gasteiger partial charge in [-0.2, -0.15) is 0 Å². The fourth-order valence-electron chi connectivity index (χ4n) is 1.84. The molecule has 2 heterocycles. The van der Waals surface area contributed by atoms with E-state index in [4.69, 9.17) is 11.6 Å². The van der Waals surface area contributed by atoms with Crippen LogP contribution < -0.4 is 10.9 Å². The topological polar surface area (TPSA) is 58.2 Å². The van der Waals surface area contributed by atoms with Crippen LogP contribution in [0, 0.1) is 0 Å². The van der Waals surface area contributed by atoms with Crippen molar-refractivity contribution in [1.29, 1.82) is 0 Å². The molecule has 2 N–H and O–H groups in total. The molecule has 112 valence electrons. The lowest BCUT2D eigenvalue weighted by Crippen LogP contribution is -2.41. The van der Waals surface area contributed by atoms with Crippen LogP contribution in [-0.2, 0) is 0 Å². The fraction of sp³-hybridized carbons (Fsp3) is 0. The molecule has 0 spiro atoms. The Labute approximate surface area is 147 Å². The summed E-state index contributed by atoms with van der Waals surface area (Å²) >= 11 is 12.1. The van der Waals surface area contributed by atoms with Crippen LogP contribution in [0.25, 0.3) is 10.1 Å². The molecule has 0 aliphatic rings. The number of rotatable bonds is 2. The molecule has 0 atom stereocenters. The molecule has 0 saturated carbocycles. The third-order valence-electron chi connectivity index (χ3n) is 2.85. The lowest BCUT2D eigenvalue weighted by Gasteiger charge is -2.05. The normalized spacial score (nSPS) is 10.6. The van der Waals surface area contributed by atoms with Gasteiger partial charge in [0.05, 0.1) is 5.02 Å². The highest BCUT2D eigenvalue weighted by Crippen LogP contribution is 2.34. The minimum atomic E-state index is -0.438. The van der Waals surface area contributed by atoms with Crippen LogP contribution >= 0.6 is 50.2 Å². The molecule has 22 heavy (non-hydrogen) atoms. The van der Waals surface area contributed by atoms with Crippen molar-refractivity contribution in [3.63, 3.8) is 0 Å². The predicted octanol–water partition coefficient (Wildman–Crippen LogP) is 4.45. The molecular weight excluding hydrogens is 408 g/mol. The lowest BCUT2D eigenvalue weighted by atomic mass is 10.2. The Kier molecular flexibility index (Phi) is 4.49. The molecule has 0 fully saturated rings. The van der Waals surface area contributed by atoms with Crippen LogP contribution in [0.15, 0.2) is 40.2 Å². The van der Waals surface area contributed by atoms with E-state index in [1.807, 2.05) is 24.3 Å². The molecule has 2 aromatic heterocycles. The van der Waals surface area contributed by atoms with Crippen molar-refractivity contribution in [2.24, 2.45) is 0 Å². The van der Waals surface area contributed by atoms with Crippen LogP contribution in [-0.4, -0.2) is 11.8 Å². The van der Waals surface area contributed by atoms with E-state index < -0.39 is 5.91 Å². The number of nitrogens with one attached hydrogen (secondary N) is 2. The van der Waals surface area contributed by atoms with Crippen molar-refractivity contribution in [1.82, 2.24) is 10.9 Å². The number of hydrogen-bond donors (Lipinski definition) is 2. The van der Waals surface area contributed by atoms with Gasteiger partial charge in [0.1, 0.15) is 9.75 Å². The quantitative estimate of drug-likeness (QED) is 0.607. The predicted molar refractivity (Wildman–Crippen MR) is 93.8 cm³/mol. The monoisotopic (exact) mass is 414 g/mol. The maximum absolute atomic E-state index is 12.2. The number of halogens is 2. The van der Waals surface area contributed by atoms with E-state index in [0.29, 0.717) is 19.2 Å². The molecular formula is C14H8BrClN2O2S2. The first kappa shape index (κ1) is 15.5. The van der Waals surface area contributed by atoms with Crippen molar-refractivity contribution < 1.29 is 9.59 Å². The smallest absolute Gasteiger partial charge is 0.266 e. The van der Waals surface area contributed by atoms with Crippen LogP contribution in [0.2, 0.25) is 5.02 Å². The Morgan fingerprint density at radius 1 is 1.05 bits per heavy atom. The van der Waals surface area contributed by atoms with Crippen molar-refractivity contribution in [3.05, 3.63) is 55.0 Å². The lowest BCUT2D eigenvalue weighted by molar-refractivity contribution is 0.0851. The molecule has 0 radical (unpaired) electrons. The van der Waals surface area contributed by atoms with Crippen LogP contribution in [0.4, 0.5) is 0 Å². The molecule has 1 aromatic carbocycles. The summed E-state index contributed by atoms with van der Waals surface area (Å²) in [7, 11) is 0. The van der Waals surface area contributed by atoms with Crippen molar-refractivity contribution in [2.45, 2.75) is 0 Å². The van der Waals surface area contributed by atoms with Crippen LogP contribution in [0.1, 0.15) is 19.3 Å². The van der Waals surface area contributed by atoms with Crippen LogP contribution in [0.5, 0.6) is 0 Å². The number of carbonyl (C=O) groups is 2. The highest BCUT2D eigenvalue weighted by molar-refractivity contribution is 9.10. The van der Waals surface area contributed by atoms with E-state index in [0.717, 1.165) is 10.1 Å². The zero-order valence-corrected chi connectivity index (χ0v) is 14.8. The van der Waals surface area contributed by atoms with Crippen molar-refractivity contribution in [2.75, 3.05) is 0 Å². The Hall–Kier alpha value is -1.41. The SMILES string of the molecule is O=C(NNC(=O)c1sc2ccccc2c1Cl)c1sccc1Br. The second-order valence-electron chi connectivity index (χ2n) is 4.25. The van der Waals surface area contributed by atoms with Gasteiger partial charge in [-0.3, -0.25) is 20.4 Å². The summed E-state index contributed by atoms with van der Waals surface area (Å²) in [6.45, 7) is 0. The standard InChI is InChI=1S/C14H8BrClN2O2S2/c15-8-5-6-21-11(8)13(19)17-18-14(20)12-10(16)7-3-1-2-4-9(7)22-12/h1-6H,(H,17,19)(H,18,20). The molecule has 0 aliphatic carbocycles. The molecule has 3 aromatic rings. The van der Waals surface area contributed by atoms with Crippen molar-refractivity contribution >= 4 is 72.1 Å². The fourth-order valence-corrected chi connectivity index (χ4v) is 4.70. The van der Waals surface area contributed by atoms with E-state index in [1.54, 1.807) is 11.4 Å².